The Balaban J connectivity index is 0.000000173. The fourth-order valence-electron chi connectivity index (χ4n) is 10.8. The molecule has 8 aromatic rings. The van der Waals surface area contributed by atoms with Gasteiger partial charge in [-0.3, -0.25) is 9.59 Å². The van der Waals surface area contributed by atoms with Crippen LogP contribution < -0.4 is 32.0 Å². The summed E-state index contributed by atoms with van der Waals surface area (Å²) in [7, 11) is 3.42. The number of hydrogen-bond acceptors (Lipinski definition) is 13. The first-order valence-corrected chi connectivity index (χ1v) is 25.9. The quantitative estimate of drug-likeness (QED) is 0.114. The predicted molar refractivity (Wildman–Crippen MR) is 296 cm³/mol. The Morgan fingerprint density at radius 1 is 0.711 bits per heavy atom. The number of nitrogens with zero attached hydrogens (tertiary/aromatic N) is 8. The Morgan fingerprint density at radius 3 is 1.63 bits per heavy atom. The molecule has 4 aromatic carbocycles. The van der Waals surface area contributed by atoms with Gasteiger partial charge in [-0.2, -0.15) is 0 Å². The highest BCUT2D eigenvalue weighted by Gasteiger charge is 2.32. The van der Waals surface area contributed by atoms with Crippen molar-refractivity contribution >= 4 is 109 Å². The third kappa shape index (κ3) is 9.60. The van der Waals surface area contributed by atoms with Crippen molar-refractivity contribution < 1.29 is 28.6 Å². The van der Waals surface area contributed by atoms with Gasteiger partial charge in [0.25, 0.3) is 11.1 Å². The second kappa shape index (κ2) is 20.4. The molecule has 4 aliphatic heterocycles. The van der Waals surface area contributed by atoms with E-state index in [1.807, 2.05) is 90.6 Å². The zero-order valence-electron chi connectivity index (χ0n) is 42.7. The third-order valence-corrected chi connectivity index (χ3v) is 15.2. The number of carbonyl (C=O) groups is 3. The lowest BCUT2D eigenvalue weighted by Gasteiger charge is -2.34. The number of benzene rings is 4. The molecule has 18 nitrogen and oxygen atoms in total. The van der Waals surface area contributed by atoms with Gasteiger partial charge in [-0.25, -0.2) is 24.4 Å². The number of esters is 2. The molecular weight excluding hydrogens is 1040 g/mol. The van der Waals surface area contributed by atoms with Crippen molar-refractivity contribution in [2.75, 3.05) is 36.0 Å². The van der Waals surface area contributed by atoms with E-state index in [1.165, 1.54) is 0 Å². The van der Waals surface area contributed by atoms with E-state index in [2.05, 4.69) is 15.1 Å². The maximum atomic E-state index is 13.9. The van der Waals surface area contributed by atoms with Crippen LogP contribution in [0.3, 0.4) is 0 Å². The van der Waals surface area contributed by atoms with E-state index in [9.17, 15) is 24.0 Å². The lowest BCUT2D eigenvalue weighted by molar-refractivity contribution is 0.0495. The van der Waals surface area contributed by atoms with Crippen LogP contribution in [0.4, 0.5) is 16.7 Å². The van der Waals surface area contributed by atoms with Crippen LogP contribution in [0.1, 0.15) is 89.4 Å². The maximum absolute atomic E-state index is 13.9. The molecule has 2 fully saturated rings. The van der Waals surface area contributed by atoms with Crippen LogP contribution in [0.2, 0.25) is 10.0 Å². The van der Waals surface area contributed by atoms with Crippen LogP contribution in [0, 0.1) is 0 Å². The van der Waals surface area contributed by atoms with Gasteiger partial charge in [0.2, 0.25) is 11.9 Å². The molecule has 0 aliphatic carbocycles. The van der Waals surface area contributed by atoms with Crippen molar-refractivity contribution in [3.05, 3.63) is 137 Å². The van der Waals surface area contributed by atoms with Crippen molar-refractivity contribution in [3.8, 4) is 0 Å². The van der Waals surface area contributed by atoms with Crippen molar-refractivity contribution in [2.45, 2.75) is 90.4 Å². The Labute approximate surface area is 452 Å². The average molecular weight is 1090 g/mol. The molecule has 8 heterocycles. The fraction of sp³-hybridized carbons (Fsp3) is 0.364. The van der Waals surface area contributed by atoms with E-state index >= 15 is 0 Å². The molecule has 0 unspecified atom stereocenters. The van der Waals surface area contributed by atoms with E-state index in [-0.39, 0.29) is 54.8 Å². The number of amides is 1. The number of aromatic nitrogens is 6. The number of rotatable bonds is 7. The number of hydrogen-bond donors (Lipinski definition) is 2. The van der Waals surface area contributed by atoms with E-state index < -0.39 is 17.7 Å². The normalized spacial score (nSPS) is 17.3. The van der Waals surface area contributed by atoms with Crippen LogP contribution in [0.25, 0.3) is 43.9 Å². The summed E-state index contributed by atoms with van der Waals surface area (Å²) in [6.07, 6.45) is 3.08. The molecule has 0 bridgehead atoms. The number of nitrogens with one attached hydrogen (secondary N) is 1. The smallest absolute Gasteiger partial charge is 0.407 e. The summed E-state index contributed by atoms with van der Waals surface area (Å²) in [4.78, 5) is 78.9. The number of pyridine rings is 2. The second-order valence-corrected chi connectivity index (χ2v) is 21.6. The predicted octanol–water partition coefficient (Wildman–Crippen LogP) is 8.36. The van der Waals surface area contributed by atoms with E-state index in [4.69, 9.17) is 53.1 Å². The van der Waals surface area contributed by atoms with Crippen LogP contribution in [0.5, 0.6) is 0 Å². The number of piperidine rings is 2. The minimum Gasteiger partial charge on any atom is -0.457 e. The minimum atomic E-state index is -0.599. The molecule has 396 valence electrons. The summed E-state index contributed by atoms with van der Waals surface area (Å²) in [5.41, 5.74) is 13.0. The molecule has 21 heteroatoms. The average Bonchev–Trinajstić information content (AvgIpc) is 4.29. The number of nitrogens with two attached hydrogens (primary N) is 1. The zero-order valence-corrected chi connectivity index (χ0v) is 45.0. The van der Waals surface area contributed by atoms with Gasteiger partial charge in [0, 0.05) is 84.3 Å². The number of anilines is 2. The van der Waals surface area contributed by atoms with Crippen LogP contribution in [-0.4, -0.2) is 90.1 Å². The highest BCUT2D eigenvalue weighted by Crippen LogP contribution is 2.36. The molecule has 3 N–H and O–H groups in total. The first-order valence-electron chi connectivity index (χ1n) is 25.1. The molecule has 0 saturated carbocycles. The summed E-state index contributed by atoms with van der Waals surface area (Å²) in [5.74, 6) is 0.573. The number of aryl methyl sites for hydroxylation is 2. The number of imidazole rings is 2. The summed E-state index contributed by atoms with van der Waals surface area (Å²) in [5, 5.41) is 5.80. The first-order chi connectivity index (χ1) is 35.9. The molecule has 0 radical (unpaired) electrons. The molecule has 1 amide bonds. The van der Waals surface area contributed by atoms with Gasteiger partial charge < -0.3 is 53.3 Å². The summed E-state index contributed by atoms with van der Waals surface area (Å²) in [6, 6.07) is 22.3. The molecule has 76 heavy (non-hydrogen) atoms. The van der Waals surface area contributed by atoms with E-state index in [0.29, 0.717) is 98.9 Å². The van der Waals surface area contributed by atoms with Gasteiger partial charge in [-0.1, -0.05) is 59.6 Å². The Hall–Kier alpha value is -7.12. The van der Waals surface area contributed by atoms with Crippen molar-refractivity contribution in [1.29, 1.82) is 0 Å². The topological polar surface area (TPSA) is 203 Å². The summed E-state index contributed by atoms with van der Waals surface area (Å²) < 4.78 is 23.0. The lowest BCUT2D eigenvalue weighted by atomic mass is 10.0. The van der Waals surface area contributed by atoms with Crippen molar-refractivity contribution in [2.24, 2.45) is 19.8 Å². The minimum absolute atomic E-state index is 0. The maximum Gasteiger partial charge on any atom is 0.407 e. The molecule has 4 aromatic heterocycles. The Bertz CT molecular complexity index is 3800. The molecule has 2 saturated heterocycles. The van der Waals surface area contributed by atoms with Crippen molar-refractivity contribution in [1.82, 2.24) is 33.6 Å². The number of carbonyl (C=O) groups excluding carboxylic acids is 3. The number of halogens is 3. The molecular formula is C55H57Cl3N10O8. The van der Waals surface area contributed by atoms with E-state index in [1.54, 1.807) is 35.4 Å². The summed E-state index contributed by atoms with van der Waals surface area (Å²) in [6.45, 7) is 9.34. The van der Waals surface area contributed by atoms with Gasteiger partial charge in [0.05, 0.1) is 35.2 Å². The number of cyclic esters (lactones) is 2. The molecule has 12 rings (SSSR count). The standard InChI is InChI=1S/C30H32ClN5O5.C25H24ClN5O3.ClH/c1-30(2,3)41-29(39)32-19-9-7-11-35(15-19)28-33-24-21-12-18-16-40-27(38)20(18)13-23(21)34(4)26(37)25(24)36(28)14-17-8-5-6-10-22(17)31;1-29-20-10-17-15(13-34-24(17)33)9-18(20)21-22(23(29)32)31(11-14-5-2-3-7-19(14)26)25(28-21)30-8-4-6-16(27)12-30;/h5-6,8,10,12-13,19H,7,9,11,14-16H2,1-4H3,(H,32,39);2-3,5,7,9-10,16H,4,6,8,11-13,27H2,1H3;1H/t19-;16-;/m11./s1. The molecule has 2 atom stereocenters. The van der Waals surface area contributed by atoms with Gasteiger partial charge in [-0.15, -0.1) is 12.4 Å². The van der Waals surface area contributed by atoms with Crippen molar-refractivity contribution in [3.63, 3.8) is 0 Å². The third-order valence-electron chi connectivity index (χ3n) is 14.5. The summed E-state index contributed by atoms with van der Waals surface area (Å²) >= 11 is 13.1. The van der Waals surface area contributed by atoms with Crippen LogP contribution >= 0.6 is 35.6 Å². The van der Waals surface area contributed by atoms with E-state index in [0.717, 1.165) is 65.3 Å². The van der Waals surface area contributed by atoms with Crippen LogP contribution in [0.15, 0.2) is 82.4 Å². The zero-order chi connectivity index (χ0) is 52.6. The lowest BCUT2D eigenvalue weighted by Crippen LogP contribution is -2.49. The van der Waals surface area contributed by atoms with Gasteiger partial charge in [0.1, 0.15) is 40.9 Å². The first kappa shape index (κ1) is 52.3. The monoisotopic (exact) mass is 1090 g/mol. The number of alkyl carbamates (subject to hydrolysis) is 1. The second-order valence-electron chi connectivity index (χ2n) is 20.8. The van der Waals surface area contributed by atoms with Gasteiger partial charge in [0.15, 0.2) is 0 Å². The molecule has 0 spiro atoms. The largest absolute Gasteiger partial charge is 0.457 e. The Kier molecular flexibility index (Phi) is 14.1. The Morgan fingerprint density at radius 2 is 1.17 bits per heavy atom. The fourth-order valence-corrected chi connectivity index (χ4v) is 11.2. The highest BCUT2D eigenvalue weighted by molar-refractivity contribution is 6.31. The SMILES string of the molecule is Cl.Cn1c(=O)c2c(nc(N3CCC[C@@H](N)C3)n2Cc2ccccc2Cl)c2cc3c(cc21)C(=O)OC3.Cn1c(=O)c2c(nc(N3CCC[C@@H](NC(=O)OC(C)(C)C)C3)n2Cc2ccccc2Cl)c2cc3c(cc21)C(=O)OC3. The number of ether oxygens (including phenoxy) is 3. The van der Waals surface area contributed by atoms with Gasteiger partial charge >= 0.3 is 18.0 Å². The number of fused-ring (bicyclic) bond motifs is 8. The van der Waals surface area contributed by atoms with Crippen LogP contribution in [-0.2, 0) is 54.6 Å². The molecule has 4 aliphatic rings. The highest BCUT2D eigenvalue weighted by atomic mass is 35.5. The van der Waals surface area contributed by atoms with Gasteiger partial charge in [-0.05, 0) is 94.0 Å².